The van der Waals surface area contributed by atoms with E-state index < -0.39 is 12.0 Å². The molecule has 3 N–H and O–H groups in total. The van der Waals surface area contributed by atoms with Crippen LogP contribution in [0.15, 0.2) is 10.2 Å². The Balaban J connectivity index is 2.06. The molecule has 0 bridgehead atoms. The summed E-state index contributed by atoms with van der Waals surface area (Å²) in [6.07, 6.45) is 0. The summed E-state index contributed by atoms with van der Waals surface area (Å²) >= 11 is 1.47. The van der Waals surface area contributed by atoms with Crippen LogP contribution in [-0.4, -0.2) is 34.3 Å². The third-order valence-corrected chi connectivity index (χ3v) is 2.78. The molecule has 0 aromatic carbocycles. The number of hydrogen-bond donors (Lipinski definition) is 2. The number of carboxylic acids is 1. The van der Waals surface area contributed by atoms with Crippen molar-refractivity contribution in [2.45, 2.75) is 18.6 Å². The Hall–Kier alpha value is -0.620. The molecule has 0 spiro atoms. The lowest BCUT2D eigenvalue weighted by molar-refractivity contribution is -0.137. The van der Waals surface area contributed by atoms with Gasteiger partial charge < -0.3 is 10.8 Å². The van der Waals surface area contributed by atoms with Gasteiger partial charge in [0, 0.05) is 11.5 Å². The first kappa shape index (κ1) is 9.47. The molecule has 6 heteroatoms. The van der Waals surface area contributed by atoms with Crippen LogP contribution in [0.3, 0.4) is 0 Å². The molecule has 0 saturated heterocycles. The van der Waals surface area contributed by atoms with Crippen LogP contribution in [0, 0.1) is 0 Å². The van der Waals surface area contributed by atoms with E-state index in [2.05, 4.69) is 10.2 Å². The van der Waals surface area contributed by atoms with E-state index in [4.69, 9.17) is 10.8 Å². The van der Waals surface area contributed by atoms with Crippen LogP contribution in [0.4, 0.5) is 0 Å². The molecule has 0 aromatic heterocycles. The Labute approximate surface area is 74.4 Å². The minimum absolute atomic E-state index is 0.261. The van der Waals surface area contributed by atoms with E-state index in [0.717, 1.165) is 0 Å². The standard InChI is InChI=1S/C6H11N3O2S/c1-6(8-9-6)3-12-2-4(7)5(10)11/h4H,2-3,7H2,1H3,(H,10,11)/t4-/m0/s1. The van der Waals surface area contributed by atoms with E-state index in [-0.39, 0.29) is 5.66 Å². The predicted molar refractivity (Wildman–Crippen MR) is 46.2 cm³/mol. The lowest BCUT2D eigenvalue weighted by atomic mass is 10.3. The summed E-state index contributed by atoms with van der Waals surface area (Å²) in [6.45, 7) is 1.90. The van der Waals surface area contributed by atoms with E-state index in [0.29, 0.717) is 11.5 Å². The summed E-state index contributed by atoms with van der Waals surface area (Å²) in [5.74, 6) is 0.168. The van der Waals surface area contributed by atoms with Crippen LogP contribution in [0.2, 0.25) is 0 Å². The summed E-state index contributed by atoms with van der Waals surface area (Å²) in [4.78, 5) is 10.3. The highest BCUT2D eigenvalue weighted by molar-refractivity contribution is 7.99. The Morgan fingerprint density at radius 3 is 2.75 bits per heavy atom. The smallest absolute Gasteiger partial charge is 0.321 e. The van der Waals surface area contributed by atoms with Gasteiger partial charge in [-0.05, 0) is 6.92 Å². The number of thioether (sulfide) groups is 1. The zero-order chi connectivity index (χ0) is 9.19. The maximum atomic E-state index is 10.3. The van der Waals surface area contributed by atoms with Crippen molar-refractivity contribution in [1.29, 1.82) is 0 Å². The summed E-state index contributed by atoms with van der Waals surface area (Å²) in [5, 5.41) is 16.0. The molecular formula is C6H11N3O2S. The summed E-state index contributed by atoms with van der Waals surface area (Å²) < 4.78 is 0. The van der Waals surface area contributed by atoms with E-state index in [1.165, 1.54) is 11.8 Å². The molecule has 12 heavy (non-hydrogen) atoms. The van der Waals surface area contributed by atoms with Crippen molar-refractivity contribution in [3.05, 3.63) is 0 Å². The zero-order valence-corrected chi connectivity index (χ0v) is 7.54. The molecule has 1 rings (SSSR count). The minimum atomic E-state index is -0.961. The number of hydrogen-bond acceptors (Lipinski definition) is 5. The second-order valence-corrected chi connectivity index (χ2v) is 3.91. The number of carbonyl (C=O) groups is 1. The second kappa shape index (κ2) is 3.40. The maximum absolute atomic E-state index is 10.3. The lowest BCUT2D eigenvalue weighted by Crippen LogP contribution is -2.33. The van der Waals surface area contributed by atoms with Crippen molar-refractivity contribution in [3.8, 4) is 0 Å². The van der Waals surface area contributed by atoms with E-state index >= 15 is 0 Å². The van der Waals surface area contributed by atoms with Crippen LogP contribution in [-0.2, 0) is 4.79 Å². The third kappa shape index (κ3) is 2.78. The first-order valence-corrected chi connectivity index (χ1v) is 4.69. The molecule has 0 fully saturated rings. The van der Waals surface area contributed by atoms with Gasteiger partial charge in [0.2, 0.25) is 0 Å². The van der Waals surface area contributed by atoms with Crippen molar-refractivity contribution in [2.24, 2.45) is 16.0 Å². The van der Waals surface area contributed by atoms with Crippen LogP contribution in [0.5, 0.6) is 0 Å². The normalized spacial score (nSPS) is 20.5. The maximum Gasteiger partial charge on any atom is 0.321 e. The minimum Gasteiger partial charge on any atom is -0.480 e. The van der Waals surface area contributed by atoms with Crippen molar-refractivity contribution < 1.29 is 9.90 Å². The van der Waals surface area contributed by atoms with Crippen LogP contribution >= 0.6 is 11.8 Å². The molecule has 0 aliphatic carbocycles. The molecule has 1 atom stereocenters. The average Bonchev–Trinajstić information content (AvgIpc) is 2.68. The second-order valence-electron chi connectivity index (χ2n) is 2.88. The molecule has 1 heterocycles. The molecule has 5 nitrogen and oxygen atoms in total. The quantitative estimate of drug-likeness (QED) is 0.651. The largest absolute Gasteiger partial charge is 0.480 e. The zero-order valence-electron chi connectivity index (χ0n) is 6.73. The summed E-state index contributed by atoms with van der Waals surface area (Å²) in [7, 11) is 0. The van der Waals surface area contributed by atoms with Crippen molar-refractivity contribution >= 4 is 17.7 Å². The number of nitrogens with two attached hydrogens (primary N) is 1. The number of carboxylic acid groups (broad SMARTS) is 1. The van der Waals surface area contributed by atoms with Gasteiger partial charge in [-0.3, -0.25) is 4.79 Å². The lowest BCUT2D eigenvalue weighted by Gasteiger charge is -2.06. The predicted octanol–water partition coefficient (Wildman–Crippen LogP) is 0.313. The van der Waals surface area contributed by atoms with Gasteiger partial charge in [-0.1, -0.05) is 0 Å². The Morgan fingerprint density at radius 2 is 2.33 bits per heavy atom. The number of aliphatic carboxylic acids is 1. The molecule has 0 radical (unpaired) electrons. The van der Waals surface area contributed by atoms with Crippen molar-refractivity contribution in [3.63, 3.8) is 0 Å². The van der Waals surface area contributed by atoms with Crippen LogP contribution in [0.25, 0.3) is 0 Å². The van der Waals surface area contributed by atoms with Crippen molar-refractivity contribution in [2.75, 3.05) is 11.5 Å². The first-order valence-electron chi connectivity index (χ1n) is 3.54. The van der Waals surface area contributed by atoms with Crippen LogP contribution in [0.1, 0.15) is 6.92 Å². The molecule has 1 aliphatic heterocycles. The molecular weight excluding hydrogens is 178 g/mol. The van der Waals surface area contributed by atoms with E-state index in [9.17, 15) is 4.79 Å². The van der Waals surface area contributed by atoms with Gasteiger partial charge in [-0.15, -0.1) is 0 Å². The molecule has 0 unspecified atom stereocenters. The number of rotatable bonds is 5. The first-order chi connectivity index (χ1) is 5.53. The highest BCUT2D eigenvalue weighted by Gasteiger charge is 2.33. The number of nitrogens with zero attached hydrogens (tertiary/aromatic N) is 2. The van der Waals surface area contributed by atoms with Gasteiger partial charge in [0.15, 0.2) is 5.66 Å². The highest BCUT2D eigenvalue weighted by atomic mass is 32.2. The van der Waals surface area contributed by atoms with E-state index in [1.54, 1.807) is 0 Å². The topological polar surface area (TPSA) is 88.0 Å². The monoisotopic (exact) mass is 189 g/mol. The van der Waals surface area contributed by atoms with Gasteiger partial charge in [-0.25, -0.2) is 0 Å². The van der Waals surface area contributed by atoms with Gasteiger partial charge in [0.05, 0.1) is 0 Å². The fraction of sp³-hybridized carbons (Fsp3) is 0.833. The fourth-order valence-electron chi connectivity index (χ4n) is 0.594. The summed E-state index contributed by atoms with van der Waals surface area (Å²) in [5.41, 5.74) is 5.02. The van der Waals surface area contributed by atoms with Crippen LogP contribution < -0.4 is 5.73 Å². The molecule has 1 aliphatic rings. The third-order valence-electron chi connectivity index (χ3n) is 1.43. The Kier molecular flexibility index (Phi) is 2.69. The molecule has 0 aromatic rings. The highest BCUT2D eigenvalue weighted by Crippen LogP contribution is 2.30. The Morgan fingerprint density at radius 1 is 1.75 bits per heavy atom. The van der Waals surface area contributed by atoms with Gasteiger partial charge >= 0.3 is 5.97 Å². The molecule has 68 valence electrons. The SMILES string of the molecule is CC1(CSC[C@H](N)C(=O)O)N=N1. The van der Waals surface area contributed by atoms with Gasteiger partial charge in [-0.2, -0.15) is 22.0 Å². The summed E-state index contributed by atoms with van der Waals surface area (Å²) in [6, 6.07) is -0.780. The fourth-order valence-corrected chi connectivity index (χ4v) is 1.61. The van der Waals surface area contributed by atoms with Gasteiger partial charge in [0.1, 0.15) is 6.04 Å². The van der Waals surface area contributed by atoms with E-state index in [1.807, 2.05) is 6.92 Å². The molecule has 0 saturated carbocycles. The van der Waals surface area contributed by atoms with Gasteiger partial charge in [0.25, 0.3) is 0 Å². The van der Waals surface area contributed by atoms with Crippen molar-refractivity contribution in [1.82, 2.24) is 0 Å². The Bertz CT molecular complexity index is 213. The average molecular weight is 189 g/mol. The molecule has 0 amide bonds.